The molecule has 0 spiro atoms. The Morgan fingerprint density at radius 3 is 2.45 bits per heavy atom. The van der Waals surface area contributed by atoms with Crippen LogP contribution in [0.25, 0.3) is 0 Å². The molecule has 0 aliphatic rings. The van der Waals surface area contributed by atoms with E-state index in [0.29, 0.717) is 6.04 Å². The van der Waals surface area contributed by atoms with E-state index in [1.807, 2.05) is 31.3 Å². The third-order valence-electron chi connectivity index (χ3n) is 3.42. The van der Waals surface area contributed by atoms with Gasteiger partial charge in [0.25, 0.3) is 0 Å². The van der Waals surface area contributed by atoms with E-state index in [9.17, 15) is 4.79 Å². The molecular weight excluding hydrogens is 250 g/mol. The van der Waals surface area contributed by atoms with Crippen LogP contribution < -0.4 is 16.0 Å². The fraction of sp³-hybridized carbons (Fsp3) is 0.562. The molecule has 0 fully saturated rings. The maximum Gasteiger partial charge on any atom is 0.319 e. The Hall–Kier alpha value is -1.55. The topological polar surface area (TPSA) is 53.2 Å². The summed E-state index contributed by atoms with van der Waals surface area (Å²) in [5.41, 5.74) is 2.03. The van der Waals surface area contributed by atoms with Crippen LogP contribution in [0, 0.1) is 0 Å². The normalized spacial score (nSPS) is 11.9. The van der Waals surface area contributed by atoms with Crippen molar-refractivity contribution in [3.8, 4) is 0 Å². The summed E-state index contributed by atoms with van der Waals surface area (Å²) < 4.78 is 0. The van der Waals surface area contributed by atoms with Crippen LogP contribution in [0.3, 0.4) is 0 Å². The predicted molar refractivity (Wildman–Crippen MR) is 85.1 cm³/mol. The van der Waals surface area contributed by atoms with Crippen LogP contribution in [-0.4, -0.2) is 19.6 Å². The molecule has 0 bridgehead atoms. The third-order valence-corrected chi connectivity index (χ3v) is 3.42. The number of unbranched alkanes of at least 4 members (excludes halogenated alkanes) is 3. The summed E-state index contributed by atoms with van der Waals surface area (Å²) >= 11 is 0. The number of anilines is 1. The molecule has 2 amide bonds. The van der Waals surface area contributed by atoms with Crippen molar-refractivity contribution in [3.05, 3.63) is 29.8 Å². The molecule has 1 aromatic carbocycles. The monoisotopic (exact) mass is 277 g/mol. The van der Waals surface area contributed by atoms with Gasteiger partial charge in [0.1, 0.15) is 0 Å². The number of hydrogen-bond donors (Lipinski definition) is 3. The number of carbonyl (C=O) groups is 1. The van der Waals surface area contributed by atoms with Gasteiger partial charge in [0.15, 0.2) is 0 Å². The van der Waals surface area contributed by atoms with Gasteiger partial charge in [-0.15, -0.1) is 0 Å². The first-order valence-electron chi connectivity index (χ1n) is 7.49. The Kier molecular flexibility index (Phi) is 7.73. The highest BCUT2D eigenvalue weighted by Gasteiger charge is 2.04. The first kappa shape index (κ1) is 16.5. The molecule has 1 rings (SSSR count). The largest absolute Gasteiger partial charge is 0.338 e. The molecule has 1 atom stereocenters. The van der Waals surface area contributed by atoms with Crippen molar-refractivity contribution < 1.29 is 4.79 Å². The van der Waals surface area contributed by atoms with Crippen molar-refractivity contribution in [2.24, 2.45) is 0 Å². The number of hydrogen-bond acceptors (Lipinski definition) is 2. The Morgan fingerprint density at radius 2 is 1.85 bits per heavy atom. The van der Waals surface area contributed by atoms with Crippen molar-refractivity contribution in [1.29, 1.82) is 0 Å². The third kappa shape index (κ3) is 6.06. The summed E-state index contributed by atoms with van der Waals surface area (Å²) in [7, 11) is 1.93. The smallest absolute Gasteiger partial charge is 0.319 e. The molecule has 4 heteroatoms. The zero-order chi connectivity index (χ0) is 14.8. The first-order chi connectivity index (χ1) is 9.67. The summed E-state index contributed by atoms with van der Waals surface area (Å²) in [6.07, 6.45) is 4.66. The highest BCUT2D eigenvalue weighted by atomic mass is 16.2. The number of nitrogens with one attached hydrogen (secondary N) is 3. The van der Waals surface area contributed by atoms with Crippen LogP contribution in [0.2, 0.25) is 0 Å². The van der Waals surface area contributed by atoms with Crippen LogP contribution in [0.5, 0.6) is 0 Å². The minimum atomic E-state index is -0.129. The summed E-state index contributed by atoms with van der Waals surface area (Å²) in [6, 6.07) is 8.10. The van der Waals surface area contributed by atoms with Gasteiger partial charge >= 0.3 is 6.03 Å². The second-order valence-electron chi connectivity index (χ2n) is 5.07. The highest BCUT2D eigenvalue weighted by molar-refractivity contribution is 5.89. The van der Waals surface area contributed by atoms with E-state index in [4.69, 9.17) is 0 Å². The molecule has 20 heavy (non-hydrogen) atoms. The quantitative estimate of drug-likeness (QED) is 0.635. The minimum absolute atomic E-state index is 0.129. The molecule has 0 heterocycles. The molecule has 1 unspecified atom stereocenters. The van der Waals surface area contributed by atoms with E-state index in [1.54, 1.807) is 0 Å². The summed E-state index contributed by atoms with van der Waals surface area (Å²) in [4.78, 5) is 11.7. The molecule has 0 aromatic heterocycles. The number of benzene rings is 1. The summed E-state index contributed by atoms with van der Waals surface area (Å²) in [5, 5.41) is 8.91. The van der Waals surface area contributed by atoms with E-state index in [2.05, 4.69) is 29.8 Å². The molecule has 1 aromatic rings. The zero-order valence-corrected chi connectivity index (χ0v) is 12.8. The van der Waals surface area contributed by atoms with E-state index >= 15 is 0 Å². The van der Waals surface area contributed by atoms with Gasteiger partial charge in [-0.05, 0) is 38.1 Å². The van der Waals surface area contributed by atoms with Crippen LogP contribution in [0.15, 0.2) is 24.3 Å². The fourth-order valence-electron chi connectivity index (χ4n) is 1.95. The minimum Gasteiger partial charge on any atom is -0.338 e. The Morgan fingerprint density at radius 1 is 1.15 bits per heavy atom. The average Bonchev–Trinajstić information content (AvgIpc) is 2.47. The van der Waals surface area contributed by atoms with E-state index in [0.717, 1.165) is 18.7 Å². The fourth-order valence-corrected chi connectivity index (χ4v) is 1.95. The number of carbonyl (C=O) groups excluding carboxylic acids is 1. The van der Waals surface area contributed by atoms with Gasteiger partial charge in [-0.2, -0.15) is 0 Å². The lowest BCUT2D eigenvalue weighted by Gasteiger charge is -2.12. The van der Waals surface area contributed by atoms with Crippen molar-refractivity contribution >= 4 is 11.7 Å². The van der Waals surface area contributed by atoms with Gasteiger partial charge in [0.2, 0.25) is 0 Å². The molecule has 0 radical (unpaired) electrons. The molecule has 0 aliphatic carbocycles. The van der Waals surface area contributed by atoms with E-state index in [-0.39, 0.29) is 6.03 Å². The molecule has 3 N–H and O–H groups in total. The average molecular weight is 277 g/mol. The summed E-state index contributed by atoms with van der Waals surface area (Å²) in [5.74, 6) is 0. The van der Waals surface area contributed by atoms with Crippen LogP contribution >= 0.6 is 0 Å². The Bertz CT molecular complexity index is 389. The maximum atomic E-state index is 11.7. The first-order valence-corrected chi connectivity index (χ1v) is 7.49. The lowest BCUT2D eigenvalue weighted by molar-refractivity contribution is 0.252. The number of amides is 2. The van der Waals surface area contributed by atoms with Gasteiger partial charge in [0.05, 0.1) is 0 Å². The second-order valence-corrected chi connectivity index (χ2v) is 5.07. The van der Waals surface area contributed by atoms with Crippen molar-refractivity contribution in [3.63, 3.8) is 0 Å². The summed E-state index contributed by atoms with van der Waals surface area (Å²) in [6.45, 7) is 5.02. The lowest BCUT2D eigenvalue weighted by Crippen LogP contribution is -2.29. The van der Waals surface area contributed by atoms with Crippen LogP contribution in [0.4, 0.5) is 10.5 Å². The van der Waals surface area contributed by atoms with Gasteiger partial charge in [-0.3, -0.25) is 0 Å². The SMILES string of the molecule is CCCCCCNC(=O)Nc1ccc(C(C)NC)cc1. The van der Waals surface area contributed by atoms with Crippen molar-refractivity contribution in [2.45, 2.75) is 45.6 Å². The molecule has 4 nitrogen and oxygen atoms in total. The van der Waals surface area contributed by atoms with Gasteiger partial charge in [-0.25, -0.2) is 4.79 Å². The van der Waals surface area contributed by atoms with Gasteiger partial charge in [-0.1, -0.05) is 38.3 Å². The lowest BCUT2D eigenvalue weighted by atomic mass is 10.1. The van der Waals surface area contributed by atoms with Gasteiger partial charge in [0, 0.05) is 18.3 Å². The highest BCUT2D eigenvalue weighted by Crippen LogP contribution is 2.15. The standard InChI is InChI=1S/C16H27N3O/c1-4-5-6-7-12-18-16(20)19-15-10-8-14(9-11-15)13(2)17-3/h8-11,13,17H,4-7,12H2,1-3H3,(H2,18,19,20). The predicted octanol–water partition coefficient (Wildman–Crippen LogP) is 3.67. The number of rotatable bonds is 8. The van der Waals surface area contributed by atoms with E-state index < -0.39 is 0 Å². The van der Waals surface area contributed by atoms with Gasteiger partial charge < -0.3 is 16.0 Å². The molecule has 0 saturated heterocycles. The van der Waals surface area contributed by atoms with E-state index in [1.165, 1.54) is 24.8 Å². The van der Waals surface area contributed by atoms with Crippen LogP contribution in [0.1, 0.15) is 51.1 Å². The molecular formula is C16H27N3O. The van der Waals surface area contributed by atoms with Crippen molar-refractivity contribution in [1.82, 2.24) is 10.6 Å². The second kappa shape index (κ2) is 9.37. The van der Waals surface area contributed by atoms with Crippen molar-refractivity contribution in [2.75, 3.05) is 18.9 Å². The molecule has 0 aliphatic heterocycles. The number of urea groups is 1. The Balaban J connectivity index is 2.31. The van der Waals surface area contributed by atoms with Crippen LogP contribution in [-0.2, 0) is 0 Å². The maximum absolute atomic E-state index is 11.7. The Labute approximate surface area is 122 Å². The molecule has 0 saturated carbocycles. The molecule has 112 valence electrons. The zero-order valence-electron chi connectivity index (χ0n) is 12.8.